The number of aliphatic imine (C=N–C) groups is 1. The molecule has 1 atom stereocenters. The smallest absolute Gasteiger partial charge is 0.0518 e. The zero-order valence-corrected chi connectivity index (χ0v) is 10.6. The van der Waals surface area contributed by atoms with Gasteiger partial charge in [-0.2, -0.15) is 0 Å². The molecule has 0 aromatic heterocycles. The highest BCUT2D eigenvalue weighted by molar-refractivity contribution is 5.80. The second-order valence-electron chi connectivity index (χ2n) is 4.43. The Balaban J connectivity index is 2.10. The molecule has 0 unspecified atom stereocenters. The number of nitrogens with zero attached hydrogens (tertiary/aromatic N) is 1. The minimum Gasteiger partial charge on any atom is -0.377 e. The van der Waals surface area contributed by atoms with Gasteiger partial charge in [0.1, 0.15) is 0 Å². The third kappa shape index (κ3) is 2.96. The van der Waals surface area contributed by atoms with Crippen LogP contribution >= 0.6 is 0 Å². The van der Waals surface area contributed by atoms with Crippen molar-refractivity contribution in [2.24, 2.45) is 4.99 Å². The maximum absolute atomic E-state index is 4.36. The Morgan fingerprint density at radius 1 is 1.29 bits per heavy atom. The van der Waals surface area contributed by atoms with Gasteiger partial charge in [0.25, 0.3) is 0 Å². The van der Waals surface area contributed by atoms with Crippen LogP contribution < -0.4 is 5.32 Å². The van der Waals surface area contributed by atoms with Crippen molar-refractivity contribution in [2.45, 2.75) is 32.7 Å². The quantitative estimate of drug-likeness (QED) is 0.838. The maximum Gasteiger partial charge on any atom is 0.0518 e. The molecule has 1 aliphatic heterocycles. The van der Waals surface area contributed by atoms with E-state index in [0.29, 0.717) is 6.04 Å². The molecule has 1 aliphatic rings. The Bertz CT molecular complexity index is 418. The van der Waals surface area contributed by atoms with Gasteiger partial charge >= 0.3 is 0 Å². The van der Waals surface area contributed by atoms with E-state index in [0.717, 1.165) is 19.4 Å². The second-order valence-corrected chi connectivity index (χ2v) is 4.43. The van der Waals surface area contributed by atoms with Gasteiger partial charge in [-0.3, -0.25) is 4.99 Å². The summed E-state index contributed by atoms with van der Waals surface area (Å²) in [7, 11) is 0. The summed E-state index contributed by atoms with van der Waals surface area (Å²) in [6, 6.07) is 10.9. The lowest BCUT2D eigenvalue weighted by Gasteiger charge is -2.21. The van der Waals surface area contributed by atoms with Crippen LogP contribution in [-0.4, -0.2) is 12.8 Å². The Hall–Kier alpha value is -1.57. The highest BCUT2D eigenvalue weighted by Crippen LogP contribution is 2.18. The first-order valence-electron chi connectivity index (χ1n) is 6.34. The van der Waals surface area contributed by atoms with Crippen LogP contribution in [0, 0.1) is 0 Å². The van der Waals surface area contributed by atoms with Crippen molar-refractivity contribution in [3.05, 3.63) is 47.2 Å². The van der Waals surface area contributed by atoms with Gasteiger partial charge in [0.05, 0.1) is 5.70 Å². The molecule has 0 amide bonds. The molecule has 2 nitrogen and oxygen atoms in total. The van der Waals surface area contributed by atoms with Crippen molar-refractivity contribution in [2.75, 3.05) is 6.54 Å². The molecule has 0 radical (unpaired) electrons. The summed E-state index contributed by atoms with van der Waals surface area (Å²) < 4.78 is 0. The van der Waals surface area contributed by atoms with Gasteiger partial charge < -0.3 is 5.32 Å². The van der Waals surface area contributed by atoms with Gasteiger partial charge in [-0.1, -0.05) is 37.3 Å². The van der Waals surface area contributed by atoms with Crippen LogP contribution in [-0.2, 0) is 0 Å². The topological polar surface area (TPSA) is 24.4 Å². The minimum absolute atomic E-state index is 0.331. The van der Waals surface area contributed by atoms with Crippen molar-refractivity contribution in [1.29, 1.82) is 0 Å². The molecule has 17 heavy (non-hydrogen) atoms. The number of dihydropyridines is 1. The third-order valence-electron chi connectivity index (χ3n) is 3.24. The fourth-order valence-corrected chi connectivity index (χ4v) is 2.15. The Kier molecular flexibility index (Phi) is 3.97. The first kappa shape index (κ1) is 11.9. The second kappa shape index (κ2) is 5.67. The Labute approximate surface area is 103 Å². The number of hydrogen-bond acceptors (Lipinski definition) is 2. The van der Waals surface area contributed by atoms with E-state index in [9.17, 15) is 0 Å². The summed E-state index contributed by atoms with van der Waals surface area (Å²) >= 11 is 0. The van der Waals surface area contributed by atoms with Crippen LogP contribution in [0.4, 0.5) is 0 Å². The molecule has 0 fully saturated rings. The van der Waals surface area contributed by atoms with Crippen LogP contribution in [0.15, 0.2) is 46.6 Å². The first-order chi connectivity index (χ1) is 8.31. The van der Waals surface area contributed by atoms with Gasteiger partial charge in [-0.15, -0.1) is 0 Å². The number of hydrogen-bond donors (Lipinski definition) is 1. The number of benzene rings is 1. The number of allylic oxidation sites excluding steroid dienone is 1. The summed E-state index contributed by atoms with van der Waals surface area (Å²) in [5.74, 6) is 0. The average Bonchev–Trinajstić information content (AvgIpc) is 2.40. The van der Waals surface area contributed by atoms with Crippen molar-refractivity contribution < 1.29 is 0 Å². The van der Waals surface area contributed by atoms with Gasteiger partial charge in [-0.05, 0) is 30.9 Å². The van der Waals surface area contributed by atoms with Crippen LogP contribution in [0.1, 0.15) is 38.3 Å². The fraction of sp³-hybridized carbons (Fsp3) is 0.400. The van der Waals surface area contributed by atoms with Crippen molar-refractivity contribution in [3.8, 4) is 0 Å². The lowest BCUT2D eigenvalue weighted by atomic mass is 10.0. The molecule has 2 rings (SSSR count). The highest BCUT2D eigenvalue weighted by Gasteiger charge is 2.11. The van der Waals surface area contributed by atoms with E-state index >= 15 is 0 Å². The molecule has 1 aromatic carbocycles. The molecule has 0 aliphatic carbocycles. The van der Waals surface area contributed by atoms with Crippen molar-refractivity contribution in [1.82, 2.24) is 5.32 Å². The molecular weight excluding hydrogens is 208 g/mol. The fourth-order valence-electron chi connectivity index (χ4n) is 2.15. The number of rotatable bonds is 4. The SMILES string of the molecule is CCC1=C(N[C@@H](C)c2ccccc2)C=NCC1. The average molecular weight is 228 g/mol. The molecular formula is C15H20N2. The maximum atomic E-state index is 4.36. The summed E-state index contributed by atoms with van der Waals surface area (Å²) in [5, 5.41) is 3.57. The Morgan fingerprint density at radius 3 is 2.76 bits per heavy atom. The third-order valence-corrected chi connectivity index (χ3v) is 3.24. The first-order valence-corrected chi connectivity index (χ1v) is 6.34. The van der Waals surface area contributed by atoms with E-state index < -0.39 is 0 Å². The molecule has 1 heterocycles. The van der Waals surface area contributed by atoms with E-state index in [-0.39, 0.29) is 0 Å². The normalized spacial score (nSPS) is 17.1. The molecule has 0 bridgehead atoms. The molecule has 90 valence electrons. The predicted molar refractivity (Wildman–Crippen MR) is 73.3 cm³/mol. The van der Waals surface area contributed by atoms with Gasteiger partial charge in [-0.25, -0.2) is 0 Å². The largest absolute Gasteiger partial charge is 0.377 e. The highest BCUT2D eigenvalue weighted by atomic mass is 14.9. The zero-order chi connectivity index (χ0) is 12.1. The molecule has 0 saturated heterocycles. The summed E-state index contributed by atoms with van der Waals surface area (Å²) in [4.78, 5) is 4.36. The van der Waals surface area contributed by atoms with E-state index in [1.165, 1.54) is 16.8 Å². The van der Waals surface area contributed by atoms with Gasteiger partial charge in [0.2, 0.25) is 0 Å². The van der Waals surface area contributed by atoms with E-state index in [1.54, 1.807) is 0 Å². The lowest BCUT2D eigenvalue weighted by molar-refractivity contribution is 0.655. The Morgan fingerprint density at radius 2 is 2.06 bits per heavy atom. The summed E-state index contributed by atoms with van der Waals surface area (Å²) in [5.41, 5.74) is 4.02. The molecule has 2 heteroatoms. The van der Waals surface area contributed by atoms with Crippen LogP contribution in [0.5, 0.6) is 0 Å². The summed E-state index contributed by atoms with van der Waals surface area (Å²) in [6.45, 7) is 5.34. The number of nitrogens with one attached hydrogen (secondary N) is 1. The molecule has 0 spiro atoms. The predicted octanol–water partition coefficient (Wildman–Crippen LogP) is 3.48. The van der Waals surface area contributed by atoms with Crippen LogP contribution in [0.2, 0.25) is 0 Å². The lowest BCUT2D eigenvalue weighted by Crippen LogP contribution is -2.22. The minimum atomic E-state index is 0.331. The standard InChI is InChI=1S/C15H20N2/c1-3-13-9-10-16-11-15(13)17-12(2)14-7-5-4-6-8-14/h4-8,11-12,17H,3,9-10H2,1-2H3/t12-/m0/s1. The van der Waals surface area contributed by atoms with E-state index in [2.05, 4.69) is 54.5 Å². The van der Waals surface area contributed by atoms with Crippen LogP contribution in [0.3, 0.4) is 0 Å². The van der Waals surface area contributed by atoms with Crippen LogP contribution in [0.25, 0.3) is 0 Å². The van der Waals surface area contributed by atoms with Crippen molar-refractivity contribution >= 4 is 6.21 Å². The molecule has 0 saturated carbocycles. The zero-order valence-electron chi connectivity index (χ0n) is 10.6. The monoisotopic (exact) mass is 228 g/mol. The molecule has 1 N–H and O–H groups in total. The van der Waals surface area contributed by atoms with E-state index in [1.807, 2.05) is 6.21 Å². The van der Waals surface area contributed by atoms with Gasteiger partial charge in [0, 0.05) is 18.8 Å². The summed E-state index contributed by atoms with van der Waals surface area (Å²) in [6.07, 6.45) is 4.19. The molecule has 1 aromatic rings. The van der Waals surface area contributed by atoms with Gasteiger partial charge in [0.15, 0.2) is 0 Å². The van der Waals surface area contributed by atoms with E-state index in [4.69, 9.17) is 0 Å². The van der Waals surface area contributed by atoms with Crippen molar-refractivity contribution in [3.63, 3.8) is 0 Å².